The van der Waals surface area contributed by atoms with Crippen LogP contribution >= 0.6 is 0 Å². The van der Waals surface area contributed by atoms with Gasteiger partial charge in [0.25, 0.3) is 0 Å². The average molecular weight is 219 g/mol. The zero-order valence-electron chi connectivity index (χ0n) is 9.72. The molecule has 16 heavy (non-hydrogen) atoms. The lowest BCUT2D eigenvalue weighted by atomic mass is 10.4. The molecule has 0 aromatic carbocycles. The molecule has 0 fully saturated rings. The fraction of sp³-hybridized carbons (Fsp3) is 0.455. The highest BCUT2D eigenvalue weighted by Gasteiger charge is 2.03. The summed E-state index contributed by atoms with van der Waals surface area (Å²) in [5, 5.41) is 11.3. The number of hydrogen-bond donors (Lipinski definition) is 1. The first-order valence-corrected chi connectivity index (χ1v) is 5.49. The maximum atomic E-state index is 4.08. The largest absolute Gasteiger partial charge is 0.344 e. The summed E-state index contributed by atoms with van der Waals surface area (Å²) in [7, 11) is 1.88. The normalized spacial score (nSPS) is 10.9. The molecule has 0 aliphatic carbocycles. The Bertz CT molecular complexity index is 443. The molecular weight excluding hydrogens is 202 g/mol. The zero-order chi connectivity index (χ0) is 11.4. The van der Waals surface area contributed by atoms with E-state index in [9.17, 15) is 0 Å². The van der Waals surface area contributed by atoms with Gasteiger partial charge in [0, 0.05) is 31.7 Å². The molecule has 0 aliphatic rings. The van der Waals surface area contributed by atoms with Gasteiger partial charge in [0.2, 0.25) is 0 Å². The summed E-state index contributed by atoms with van der Waals surface area (Å²) < 4.78 is 3.91. The van der Waals surface area contributed by atoms with Crippen LogP contribution in [0.25, 0.3) is 0 Å². The second kappa shape index (κ2) is 4.94. The second-order valence-electron chi connectivity index (χ2n) is 3.79. The van der Waals surface area contributed by atoms with Crippen molar-refractivity contribution in [2.24, 2.45) is 7.05 Å². The van der Waals surface area contributed by atoms with Gasteiger partial charge in [-0.1, -0.05) is 12.1 Å². The zero-order valence-corrected chi connectivity index (χ0v) is 9.72. The third-order valence-corrected chi connectivity index (χ3v) is 2.46. The highest BCUT2D eigenvalue weighted by atomic mass is 15.4. The summed E-state index contributed by atoms with van der Waals surface area (Å²) in [6.07, 6.45) is 4.01. The van der Waals surface area contributed by atoms with Crippen LogP contribution < -0.4 is 5.32 Å². The van der Waals surface area contributed by atoms with Crippen LogP contribution in [0.5, 0.6) is 0 Å². The number of nitrogens with zero attached hydrogens (tertiary/aromatic N) is 4. The molecule has 2 heterocycles. The number of aryl methyl sites for hydroxylation is 1. The maximum Gasteiger partial charge on any atom is 0.102 e. The molecule has 2 rings (SSSR count). The molecule has 5 heteroatoms. The minimum absolute atomic E-state index is 0.779. The molecule has 0 amide bonds. The van der Waals surface area contributed by atoms with Crippen molar-refractivity contribution in [3.8, 4) is 0 Å². The van der Waals surface area contributed by atoms with E-state index in [0.29, 0.717) is 0 Å². The summed E-state index contributed by atoms with van der Waals surface area (Å²) in [5.74, 6) is 0. The highest BCUT2D eigenvalue weighted by molar-refractivity contribution is 5.09. The molecule has 86 valence electrons. The van der Waals surface area contributed by atoms with Crippen molar-refractivity contribution in [1.29, 1.82) is 0 Å². The van der Waals surface area contributed by atoms with Crippen molar-refractivity contribution in [2.45, 2.75) is 20.0 Å². The molecule has 2 aromatic rings. The predicted octanol–water partition coefficient (Wildman–Crippen LogP) is 0.774. The molecule has 0 radical (unpaired) electrons. The van der Waals surface area contributed by atoms with Gasteiger partial charge < -0.3 is 9.88 Å². The molecule has 0 unspecified atom stereocenters. The van der Waals surface area contributed by atoms with Gasteiger partial charge >= 0.3 is 0 Å². The lowest BCUT2D eigenvalue weighted by molar-refractivity contribution is 0.650. The maximum absolute atomic E-state index is 4.08. The van der Waals surface area contributed by atoms with Gasteiger partial charge in [0.15, 0.2) is 0 Å². The second-order valence-corrected chi connectivity index (χ2v) is 3.79. The summed E-state index contributed by atoms with van der Waals surface area (Å²) in [6.45, 7) is 4.76. The Hall–Kier alpha value is -1.62. The van der Waals surface area contributed by atoms with Crippen LogP contribution in [0, 0.1) is 0 Å². The minimum Gasteiger partial charge on any atom is -0.344 e. The van der Waals surface area contributed by atoms with Crippen molar-refractivity contribution in [3.63, 3.8) is 0 Å². The molecule has 0 spiro atoms. The number of hydrogen-bond acceptors (Lipinski definition) is 3. The smallest absolute Gasteiger partial charge is 0.102 e. The van der Waals surface area contributed by atoms with E-state index >= 15 is 0 Å². The molecule has 0 saturated heterocycles. The SMILES string of the molecule is CCNCc1cccn1Cc1cn(C)nn1. The van der Waals surface area contributed by atoms with Crippen LogP contribution in [-0.4, -0.2) is 26.1 Å². The van der Waals surface area contributed by atoms with Crippen LogP contribution in [-0.2, 0) is 20.1 Å². The minimum atomic E-state index is 0.779. The molecule has 0 atom stereocenters. The van der Waals surface area contributed by atoms with Gasteiger partial charge in [0.05, 0.1) is 6.54 Å². The molecule has 0 aliphatic heterocycles. The third kappa shape index (κ3) is 2.49. The number of aromatic nitrogens is 4. The van der Waals surface area contributed by atoms with Crippen LogP contribution in [0.3, 0.4) is 0 Å². The van der Waals surface area contributed by atoms with E-state index in [1.54, 1.807) is 4.68 Å². The molecular formula is C11H17N5. The number of nitrogens with one attached hydrogen (secondary N) is 1. The lowest BCUT2D eigenvalue weighted by Crippen LogP contribution is -2.15. The van der Waals surface area contributed by atoms with Gasteiger partial charge in [-0.25, -0.2) is 0 Å². The van der Waals surface area contributed by atoms with E-state index in [1.807, 2.05) is 13.2 Å². The Morgan fingerprint density at radius 1 is 1.44 bits per heavy atom. The van der Waals surface area contributed by atoms with E-state index in [-0.39, 0.29) is 0 Å². The first-order valence-electron chi connectivity index (χ1n) is 5.49. The average Bonchev–Trinajstić information content (AvgIpc) is 2.86. The standard InChI is InChI=1S/C11H17N5/c1-3-12-7-11-5-4-6-16(11)9-10-8-15(2)14-13-10/h4-6,8,12H,3,7,9H2,1-2H3. The van der Waals surface area contributed by atoms with E-state index in [0.717, 1.165) is 25.3 Å². The summed E-state index contributed by atoms with van der Waals surface area (Å²) in [4.78, 5) is 0. The van der Waals surface area contributed by atoms with Crippen molar-refractivity contribution in [3.05, 3.63) is 35.9 Å². The molecule has 1 N–H and O–H groups in total. The molecule has 5 nitrogen and oxygen atoms in total. The Kier molecular flexibility index (Phi) is 3.36. The van der Waals surface area contributed by atoms with Gasteiger partial charge in [-0.3, -0.25) is 4.68 Å². The van der Waals surface area contributed by atoms with Crippen LogP contribution in [0.2, 0.25) is 0 Å². The van der Waals surface area contributed by atoms with Crippen molar-refractivity contribution >= 4 is 0 Å². The van der Waals surface area contributed by atoms with Gasteiger partial charge in [0.1, 0.15) is 5.69 Å². The Morgan fingerprint density at radius 3 is 3.00 bits per heavy atom. The topological polar surface area (TPSA) is 47.7 Å². The Morgan fingerprint density at radius 2 is 2.31 bits per heavy atom. The van der Waals surface area contributed by atoms with Crippen molar-refractivity contribution < 1.29 is 0 Å². The quantitative estimate of drug-likeness (QED) is 0.808. The van der Waals surface area contributed by atoms with E-state index in [1.165, 1.54) is 5.69 Å². The Balaban J connectivity index is 2.06. The van der Waals surface area contributed by atoms with E-state index in [4.69, 9.17) is 0 Å². The van der Waals surface area contributed by atoms with Gasteiger partial charge in [-0.05, 0) is 18.7 Å². The summed E-state index contributed by atoms with van der Waals surface area (Å²) in [5.41, 5.74) is 2.25. The van der Waals surface area contributed by atoms with Crippen LogP contribution in [0.15, 0.2) is 24.5 Å². The fourth-order valence-electron chi connectivity index (χ4n) is 1.66. The number of rotatable bonds is 5. The van der Waals surface area contributed by atoms with E-state index < -0.39 is 0 Å². The molecule has 0 saturated carbocycles. The lowest BCUT2D eigenvalue weighted by Gasteiger charge is -2.07. The highest BCUT2D eigenvalue weighted by Crippen LogP contribution is 2.05. The summed E-state index contributed by atoms with van der Waals surface area (Å²) in [6, 6.07) is 4.18. The van der Waals surface area contributed by atoms with Crippen LogP contribution in [0.4, 0.5) is 0 Å². The van der Waals surface area contributed by atoms with Crippen molar-refractivity contribution in [1.82, 2.24) is 24.9 Å². The summed E-state index contributed by atoms with van der Waals surface area (Å²) >= 11 is 0. The molecule has 0 bridgehead atoms. The third-order valence-electron chi connectivity index (χ3n) is 2.46. The van der Waals surface area contributed by atoms with E-state index in [2.05, 4.69) is 45.4 Å². The van der Waals surface area contributed by atoms with Gasteiger partial charge in [-0.2, -0.15) is 0 Å². The first-order chi connectivity index (χ1) is 7.79. The van der Waals surface area contributed by atoms with Crippen LogP contribution in [0.1, 0.15) is 18.3 Å². The Labute approximate surface area is 95.1 Å². The monoisotopic (exact) mass is 219 g/mol. The predicted molar refractivity (Wildman–Crippen MR) is 61.9 cm³/mol. The first kappa shape index (κ1) is 10.9. The molecule has 2 aromatic heterocycles. The fourth-order valence-corrected chi connectivity index (χ4v) is 1.66. The van der Waals surface area contributed by atoms with Crippen molar-refractivity contribution in [2.75, 3.05) is 6.54 Å². The van der Waals surface area contributed by atoms with Gasteiger partial charge in [-0.15, -0.1) is 5.10 Å².